The van der Waals surface area contributed by atoms with Crippen LogP contribution in [0.3, 0.4) is 0 Å². The predicted molar refractivity (Wildman–Crippen MR) is 88.1 cm³/mol. The number of hydrogen-bond donors (Lipinski definition) is 2. The van der Waals surface area contributed by atoms with Crippen molar-refractivity contribution in [3.05, 3.63) is 0 Å². The molecule has 1 saturated carbocycles. The van der Waals surface area contributed by atoms with E-state index in [0.717, 1.165) is 12.8 Å². The molecule has 0 aromatic rings. The molecule has 132 valence electrons. The standard InChI is InChI=1S/C18H31NO4/c1-2-15(12-14-6-4-3-5-7-14)16(20)19-13-18(17(21)22)8-10-23-11-9-18/h14-15H,2-13H2,1H3,(H,19,20)(H,21,22). The van der Waals surface area contributed by atoms with E-state index in [-0.39, 0.29) is 18.4 Å². The summed E-state index contributed by atoms with van der Waals surface area (Å²) in [6, 6.07) is 0. The van der Waals surface area contributed by atoms with Crippen LogP contribution in [0.25, 0.3) is 0 Å². The second kappa shape index (κ2) is 8.67. The first-order valence-corrected chi connectivity index (χ1v) is 9.16. The highest BCUT2D eigenvalue weighted by Gasteiger charge is 2.40. The van der Waals surface area contributed by atoms with E-state index in [2.05, 4.69) is 12.2 Å². The van der Waals surface area contributed by atoms with Gasteiger partial charge in [0.15, 0.2) is 0 Å². The maximum Gasteiger partial charge on any atom is 0.311 e. The van der Waals surface area contributed by atoms with Crippen molar-refractivity contribution in [1.82, 2.24) is 5.32 Å². The van der Waals surface area contributed by atoms with Crippen LogP contribution in [0, 0.1) is 17.3 Å². The van der Waals surface area contributed by atoms with Gasteiger partial charge in [-0.15, -0.1) is 0 Å². The van der Waals surface area contributed by atoms with E-state index in [4.69, 9.17) is 4.74 Å². The fourth-order valence-electron chi connectivity index (χ4n) is 3.91. The Kier molecular flexibility index (Phi) is 6.88. The molecule has 1 unspecified atom stereocenters. The first kappa shape index (κ1) is 18.2. The highest BCUT2D eigenvalue weighted by Crippen LogP contribution is 2.32. The highest BCUT2D eigenvalue weighted by atomic mass is 16.5. The van der Waals surface area contributed by atoms with Crippen LogP contribution in [0.2, 0.25) is 0 Å². The van der Waals surface area contributed by atoms with Gasteiger partial charge in [-0.2, -0.15) is 0 Å². The number of nitrogens with one attached hydrogen (secondary N) is 1. The van der Waals surface area contributed by atoms with Gasteiger partial charge in [-0.3, -0.25) is 9.59 Å². The zero-order chi connectivity index (χ0) is 16.7. The van der Waals surface area contributed by atoms with Crippen LogP contribution < -0.4 is 5.32 Å². The first-order chi connectivity index (χ1) is 11.1. The average molecular weight is 325 g/mol. The molecule has 1 atom stereocenters. The zero-order valence-electron chi connectivity index (χ0n) is 14.3. The number of amides is 1. The molecule has 1 aliphatic carbocycles. The minimum absolute atomic E-state index is 0.0174. The highest BCUT2D eigenvalue weighted by molar-refractivity contribution is 5.80. The Bertz CT molecular complexity index is 398. The molecule has 1 saturated heterocycles. The minimum Gasteiger partial charge on any atom is -0.481 e. The van der Waals surface area contributed by atoms with E-state index in [1.165, 1.54) is 32.1 Å². The summed E-state index contributed by atoms with van der Waals surface area (Å²) < 4.78 is 5.27. The maximum atomic E-state index is 12.5. The number of rotatable bonds is 7. The SMILES string of the molecule is CCC(CC1CCCCC1)C(=O)NCC1(C(=O)O)CCOCC1. The number of aliphatic carboxylic acids is 1. The molecule has 2 N–H and O–H groups in total. The molecule has 0 aromatic carbocycles. The number of carboxylic acid groups (broad SMARTS) is 1. The molecule has 1 amide bonds. The van der Waals surface area contributed by atoms with Crippen molar-refractivity contribution in [1.29, 1.82) is 0 Å². The molecule has 0 bridgehead atoms. The quantitative estimate of drug-likeness (QED) is 0.754. The molecule has 2 rings (SSSR count). The van der Waals surface area contributed by atoms with E-state index in [0.29, 0.717) is 32.0 Å². The Morgan fingerprint density at radius 3 is 2.43 bits per heavy atom. The van der Waals surface area contributed by atoms with Crippen molar-refractivity contribution in [3.8, 4) is 0 Å². The topological polar surface area (TPSA) is 75.6 Å². The number of carboxylic acids is 1. The predicted octanol–water partition coefficient (Wildman–Crippen LogP) is 2.98. The third-order valence-corrected chi connectivity index (χ3v) is 5.71. The lowest BCUT2D eigenvalue weighted by Gasteiger charge is -2.34. The van der Waals surface area contributed by atoms with Gasteiger partial charge >= 0.3 is 5.97 Å². The molecule has 1 heterocycles. The summed E-state index contributed by atoms with van der Waals surface area (Å²) in [5, 5.41) is 12.5. The monoisotopic (exact) mass is 325 g/mol. The van der Waals surface area contributed by atoms with Crippen molar-refractivity contribution in [2.75, 3.05) is 19.8 Å². The van der Waals surface area contributed by atoms with E-state index < -0.39 is 11.4 Å². The summed E-state index contributed by atoms with van der Waals surface area (Å²) in [5.41, 5.74) is -0.850. The van der Waals surface area contributed by atoms with Gasteiger partial charge in [-0.05, 0) is 31.6 Å². The van der Waals surface area contributed by atoms with Gasteiger partial charge in [-0.25, -0.2) is 0 Å². The Labute approximate surface area is 139 Å². The van der Waals surface area contributed by atoms with Crippen molar-refractivity contribution in [2.45, 2.75) is 64.7 Å². The number of carbonyl (C=O) groups excluding carboxylic acids is 1. The van der Waals surface area contributed by atoms with Gasteiger partial charge in [0.1, 0.15) is 0 Å². The summed E-state index contributed by atoms with van der Waals surface area (Å²) in [4.78, 5) is 24.2. The third kappa shape index (κ3) is 4.93. The average Bonchev–Trinajstić information content (AvgIpc) is 2.59. The molecule has 23 heavy (non-hydrogen) atoms. The van der Waals surface area contributed by atoms with Crippen LogP contribution in [0.5, 0.6) is 0 Å². The van der Waals surface area contributed by atoms with Gasteiger partial charge in [-0.1, -0.05) is 39.0 Å². The van der Waals surface area contributed by atoms with Crippen LogP contribution in [0.1, 0.15) is 64.7 Å². The van der Waals surface area contributed by atoms with Gasteiger partial charge < -0.3 is 15.2 Å². The van der Waals surface area contributed by atoms with Gasteiger partial charge in [0.2, 0.25) is 5.91 Å². The van der Waals surface area contributed by atoms with Crippen molar-refractivity contribution >= 4 is 11.9 Å². The number of carbonyl (C=O) groups is 2. The molecule has 0 spiro atoms. The fourth-order valence-corrected chi connectivity index (χ4v) is 3.91. The Balaban J connectivity index is 1.86. The summed E-state index contributed by atoms with van der Waals surface area (Å²) in [7, 11) is 0. The molecule has 1 aliphatic heterocycles. The van der Waals surface area contributed by atoms with Crippen molar-refractivity contribution in [2.24, 2.45) is 17.3 Å². The van der Waals surface area contributed by atoms with Gasteiger partial charge in [0.05, 0.1) is 5.41 Å². The molecule has 2 aliphatic rings. The normalized spacial score (nSPS) is 23.2. The smallest absolute Gasteiger partial charge is 0.311 e. The molecular weight excluding hydrogens is 294 g/mol. The Morgan fingerprint density at radius 1 is 1.22 bits per heavy atom. The lowest BCUT2D eigenvalue weighted by molar-refractivity contribution is -0.154. The zero-order valence-corrected chi connectivity index (χ0v) is 14.3. The molecule has 0 aromatic heterocycles. The van der Waals surface area contributed by atoms with E-state index in [9.17, 15) is 14.7 Å². The van der Waals surface area contributed by atoms with Crippen LogP contribution in [0.4, 0.5) is 0 Å². The fraction of sp³-hybridized carbons (Fsp3) is 0.889. The largest absolute Gasteiger partial charge is 0.481 e. The Morgan fingerprint density at radius 2 is 1.87 bits per heavy atom. The lowest BCUT2D eigenvalue weighted by atomic mass is 9.79. The summed E-state index contributed by atoms with van der Waals surface area (Å²) in [6.07, 6.45) is 9.08. The number of ether oxygens (including phenoxy) is 1. The molecular formula is C18H31NO4. The van der Waals surface area contributed by atoms with Crippen LogP contribution in [-0.2, 0) is 14.3 Å². The maximum absolute atomic E-state index is 12.5. The van der Waals surface area contributed by atoms with Crippen molar-refractivity contribution < 1.29 is 19.4 Å². The van der Waals surface area contributed by atoms with E-state index in [1.54, 1.807) is 0 Å². The summed E-state index contributed by atoms with van der Waals surface area (Å²) in [6.45, 7) is 3.20. The molecule has 2 fully saturated rings. The minimum atomic E-state index is -0.850. The Hall–Kier alpha value is -1.10. The second-order valence-electron chi connectivity index (χ2n) is 7.26. The summed E-state index contributed by atoms with van der Waals surface area (Å²) >= 11 is 0. The lowest BCUT2D eigenvalue weighted by Crippen LogP contribution is -2.47. The van der Waals surface area contributed by atoms with Crippen LogP contribution in [0.15, 0.2) is 0 Å². The third-order valence-electron chi connectivity index (χ3n) is 5.71. The second-order valence-corrected chi connectivity index (χ2v) is 7.26. The molecule has 0 radical (unpaired) electrons. The van der Waals surface area contributed by atoms with Gasteiger partial charge in [0.25, 0.3) is 0 Å². The van der Waals surface area contributed by atoms with E-state index >= 15 is 0 Å². The molecule has 5 nitrogen and oxygen atoms in total. The molecule has 5 heteroatoms. The summed E-state index contributed by atoms with van der Waals surface area (Å²) in [5.74, 6) is -0.105. The van der Waals surface area contributed by atoms with Crippen LogP contribution >= 0.6 is 0 Å². The first-order valence-electron chi connectivity index (χ1n) is 9.16. The van der Waals surface area contributed by atoms with E-state index in [1.807, 2.05) is 0 Å². The van der Waals surface area contributed by atoms with Crippen LogP contribution in [-0.4, -0.2) is 36.7 Å². The number of hydrogen-bond acceptors (Lipinski definition) is 3. The van der Waals surface area contributed by atoms with Crippen molar-refractivity contribution in [3.63, 3.8) is 0 Å². The van der Waals surface area contributed by atoms with Gasteiger partial charge in [0, 0.05) is 25.7 Å².